The quantitative estimate of drug-likeness (QED) is 0.912. The molecule has 112 valence electrons. The van der Waals surface area contributed by atoms with Gasteiger partial charge in [0.2, 0.25) is 5.95 Å². The van der Waals surface area contributed by atoms with Gasteiger partial charge < -0.3 is 10.2 Å². The molecule has 0 bridgehead atoms. The second kappa shape index (κ2) is 5.26. The first-order valence-electron chi connectivity index (χ1n) is 7.78. The zero-order chi connectivity index (χ0) is 14.2. The molecule has 0 radical (unpaired) electrons. The van der Waals surface area contributed by atoms with Gasteiger partial charge in [-0.05, 0) is 50.3 Å². The molecule has 2 aromatic rings. The fourth-order valence-corrected chi connectivity index (χ4v) is 3.01. The van der Waals surface area contributed by atoms with Crippen LogP contribution in [0.3, 0.4) is 0 Å². The van der Waals surface area contributed by atoms with Gasteiger partial charge in [-0.2, -0.15) is 4.98 Å². The third-order valence-electron chi connectivity index (χ3n) is 4.35. The Morgan fingerprint density at radius 1 is 1.29 bits per heavy atom. The average Bonchev–Trinajstić information content (AvgIpc) is 2.98. The Labute approximate surface area is 123 Å². The van der Waals surface area contributed by atoms with E-state index in [9.17, 15) is 4.39 Å². The highest BCUT2D eigenvalue weighted by Crippen LogP contribution is 2.31. The van der Waals surface area contributed by atoms with Gasteiger partial charge in [-0.1, -0.05) is 0 Å². The lowest BCUT2D eigenvalue weighted by atomic mass is 10.2. The van der Waals surface area contributed by atoms with E-state index in [1.54, 1.807) is 6.07 Å². The number of hydrogen-bond donors (Lipinski definition) is 1. The third kappa shape index (κ3) is 2.85. The van der Waals surface area contributed by atoms with Gasteiger partial charge >= 0.3 is 0 Å². The SMILES string of the molecule is Fc1ccc2nc(N(CC3CC3)CC3CCCN3)nn2c1. The first-order chi connectivity index (χ1) is 10.3. The molecule has 6 heteroatoms. The number of pyridine rings is 1. The number of aromatic nitrogens is 3. The van der Waals surface area contributed by atoms with Crippen molar-refractivity contribution in [1.82, 2.24) is 19.9 Å². The van der Waals surface area contributed by atoms with E-state index < -0.39 is 0 Å². The molecule has 2 aliphatic rings. The molecule has 1 saturated heterocycles. The van der Waals surface area contributed by atoms with Crippen molar-refractivity contribution in [3.05, 3.63) is 24.1 Å². The van der Waals surface area contributed by atoms with Gasteiger partial charge in [0.1, 0.15) is 5.82 Å². The number of fused-ring (bicyclic) bond motifs is 1. The molecule has 1 unspecified atom stereocenters. The van der Waals surface area contributed by atoms with Crippen LogP contribution in [0.2, 0.25) is 0 Å². The fraction of sp³-hybridized carbons (Fsp3) is 0.600. The Bertz CT molecular complexity index is 630. The zero-order valence-electron chi connectivity index (χ0n) is 12.0. The molecular weight excluding hydrogens is 269 g/mol. The van der Waals surface area contributed by atoms with Crippen molar-refractivity contribution >= 4 is 11.6 Å². The summed E-state index contributed by atoms with van der Waals surface area (Å²) in [5.41, 5.74) is 0.701. The molecule has 1 aliphatic carbocycles. The van der Waals surface area contributed by atoms with Crippen molar-refractivity contribution in [3.8, 4) is 0 Å². The summed E-state index contributed by atoms with van der Waals surface area (Å²) in [5, 5.41) is 7.99. The highest BCUT2D eigenvalue weighted by Gasteiger charge is 2.28. The Balaban J connectivity index is 1.59. The second-order valence-corrected chi connectivity index (χ2v) is 6.20. The number of nitrogens with zero attached hydrogens (tertiary/aromatic N) is 4. The maximum Gasteiger partial charge on any atom is 0.245 e. The van der Waals surface area contributed by atoms with Gasteiger partial charge in [-0.3, -0.25) is 0 Å². The van der Waals surface area contributed by atoms with Crippen LogP contribution in [-0.4, -0.2) is 40.3 Å². The second-order valence-electron chi connectivity index (χ2n) is 6.20. The molecule has 1 atom stereocenters. The Morgan fingerprint density at radius 3 is 2.95 bits per heavy atom. The standard InChI is InChI=1S/C15H20FN5/c16-12-5-6-14-18-15(19-21(14)9-12)20(8-11-3-4-11)10-13-2-1-7-17-13/h5-6,9,11,13,17H,1-4,7-8,10H2. The molecule has 1 aliphatic heterocycles. The van der Waals surface area contributed by atoms with Gasteiger partial charge in [0.05, 0.1) is 6.20 Å². The largest absolute Gasteiger partial charge is 0.338 e. The molecule has 1 saturated carbocycles. The maximum atomic E-state index is 13.3. The Kier molecular flexibility index (Phi) is 3.25. The lowest BCUT2D eigenvalue weighted by Crippen LogP contribution is -2.39. The Morgan fingerprint density at radius 2 is 2.19 bits per heavy atom. The van der Waals surface area contributed by atoms with E-state index in [-0.39, 0.29) is 5.82 Å². The van der Waals surface area contributed by atoms with Crippen LogP contribution in [-0.2, 0) is 0 Å². The van der Waals surface area contributed by atoms with Crippen LogP contribution in [0.4, 0.5) is 10.3 Å². The molecule has 4 rings (SSSR count). The van der Waals surface area contributed by atoms with Crippen LogP contribution in [0.15, 0.2) is 18.3 Å². The van der Waals surface area contributed by atoms with Crippen LogP contribution in [0, 0.1) is 11.7 Å². The van der Waals surface area contributed by atoms with E-state index in [0.29, 0.717) is 11.7 Å². The summed E-state index contributed by atoms with van der Waals surface area (Å²) < 4.78 is 14.8. The van der Waals surface area contributed by atoms with E-state index >= 15 is 0 Å². The number of rotatable bonds is 5. The topological polar surface area (TPSA) is 45.5 Å². The van der Waals surface area contributed by atoms with Crippen LogP contribution in [0.1, 0.15) is 25.7 Å². The highest BCUT2D eigenvalue weighted by molar-refractivity contribution is 5.44. The average molecular weight is 289 g/mol. The predicted octanol–water partition coefficient (Wildman–Crippen LogP) is 1.84. The highest BCUT2D eigenvalue weighted by atomic mass is 19.1. The van der Waals surface area contributed by atoms with E-state index in [1.807, 2.05) is 0 Å². The zero-order valence-corrected chi connectivity index (χ0v) is 12.0. The fourth-order valence-electron chi connectivity index (χ4n) is 3.01. The van der Waals surface area contributed by atoms with Crippen LogP contribution >= 0.6 is 0 Å². The molecule has 2 aromatic heterocycles. The minimum atomic E-state index is -0.287. The summed E-state index contributed by atoms with van der Waals surface area (Å²) in [7, 11) is 0. The van der Waals surface area contributed by atoms with E-state index in [0.717, 1.165) is 31.5 Å². The molecule has 0 spiro atoms. The molecule has 3 heterocycles. The van der Waals surface area contributed by atoms with Crippen LogP contribution in [0.5, 0.6) is 0 Å². The lowest BCUT2D eigenvalue weighted by molar-refractivity contribution is 0.562. The number of anilines is 1. The summed E-state index contributed by atoms with van der Waals surface area (Å²) in [6.07, 6.45) is 6.44. The van der Waals surface area contributed by atoms with E-state index in [1.165, 1.54) is 42.5 Å². The van der Waals surface area contributed by atoms with Crippen LogP contribution in [0.25, 0.3) is 5.65 Å². The lowest BCUT2D eigenvalue weighted by Gasteiger charge is -2.24. The van der Waals surface area contributed by atoms with Crippen molar-refractivity contribution in [2.45, 2.75) is 31.7 Å². The van der Waals surface area contributed by atoms with Crippen molar-refractivity contribution in [2.24, 2.45) is 5.92 Å². The number of halogens is 1. The van der Waals surface area contributed by atoms with Gasteiger partial charge in [0, 0.05) is 19.1 Å². The molecule has 2 fully saturated rings. The molecular formula is C15H20FN5. The predicted molar refractivity (Wildman–Crippen MR) is 78.9 cm³/mol. The van der Waals surface area contributed by atoms with Crippen LogP contribution < -0.4 is 10.2 Å². The summed E-state index contributed by atoms with van der Waals surface area (Å²) in [6, 6.07) is 3.62. The van der Waals surface area contributed by atoms with E-state index in [2.05, 4.69) is 20.3 Å². The number of hydrogen-bond acceptors (Lipinski definition) is 4. The van der Waals surface area contributed by atoms with Gasteiger partial charge in [-0.25, -0.2) is 8.91 Å². The maximum absolute atomic E-state index is 13.3. The third-order valence-corrected chi connectivity index (χ3v) is 4.35. The molecule has 5 nitrogen and oxygen atoms in total. The van der Waals surface area contributed by atoms with Crippen molar-refractivity contribution < 1.29 is 4.39 Å². The summed E-state index contributed by atoms with van der Waals surface area (Å²) in [6.45, 7) is 3.05. The monoisotopic (exact) mass is 289 g/mol. The molecule has 0 amide bonds. The van der Waals surface area contributed by atoms with Crippen molar-refractivity contribution in [1.29, 1.82) is 0 Å². The van der Waals surface area contributed by atoms with Gasteiger partial charge in [0.15, 0.2) is 5.65 Å². The summed E-state index contributed by atoms with van der Waals surface area (Å²) in [4.78, 5) is 6.83. The molecule has 1 N–H and O–H groups in total. The van der Waals surface area contributed by atoms with Gasteiger partial charge in [-0.15, -0.1) is 5.10 Å². The van der Waals surface area contributed by atoms with E-state index in [4.69, 9.17) is 0 Å². The minimum Gasteiger partial charge on any atom is -0.338 e. The minimum absolute atomic E-state index is 0.287. The van der Waals surface area contributed by atoms with Gasteiger partial charge in [0.25, 0.3) is 0 Å². The summed E-state index contributed by atoms with van der Waals surface area (Å²) >= 11 is 0. The first-order valence-corrected chi connectivity index (χ1v) is 7.78. The van der Waals surface area contributed by atoms with Crippen molar-refractivity contribution in [2.75, 3.05) is 24.5 Å². The smallest absolute Gasteiger partial charge is 0.245 e. The summed E-state index contributed by atoms with van der Waals surface area (Å²) in [5.74, 6) is 1.21. The number of nitrogens with one attached hydrogen (secondary N) is 1. The van der Waals surface area contributed by atoms with Crippen molar-refractivity contribution in [3.63, 3.8) is 0 Å². The molecule has 21 heavy (non-hydrogen) atoms. The molecule has 0 aromatic carbocycles. The Hall–Kier alpha value is -1.69. The first kappa shape index (κ1) is 13.0. The normalized spacial score (nSPS) is 22.0.